The zero-order chi connectivity index (χ0) is 22.3. The van der Waals surface area contributed by atoms with Gasteiger partial charge in [0.25, 0.3) is 11.8 Å². The number of amides is 2. The molecule has 6 nitrogen and oxygen atoms in total. The molecule has 2 amide bonds. The Hall–Kier alpha value is -3.19. The monoisotopic (exact) mass is 449 g/mol. The van der Waals surface area contributed by atoms with Crippen LogP contribution >= 0.6 is 11.3 Å². The Morgan fingerprint density at radius 3 is 2.59 bits per heavy atom. The Labute approximate surface area is 192 Å². The van der Waals surface area contributed by atoms with Gasteiger partial charge in [-0.15, -0.1) is 11.3 Å². The SMILES string of the molecule is COc1ccc(C(=O)Nc2ccccc2C(=O)NCCCc2nc3c(s2)CCCC3)cc1. The van der Waals surface area contributed by atoms with Crippen LogP contribution in [0.1, 0.15) is 55.6 Å². The first-order valence-electron chi connectivity index (χ1n) is 10.9. The lowest BCUT2D eigenvalue weighted by molar-refractivity contribution is 0.0954. The summed E-state index contributed by atoms with van der Waals surface area (Å²) >= 11 is 1.82. The third-order valence-electron chi connectivity index (χ3n) is 5.52. The maximum Gasteiger partial charge on any atom is 0.255 e. The largest absolute Gasteiger partial charge is 0.497 e. The molecule has 166 valence electrons. The number of thiazole rings is 1. The van der Waals surface area contributed by atoms with Crippen molar-refractivity contribution in [3.63, 3.8) is 0 Å². The van der Waals surface area contributed by atoms with Crippen LogP contribution in [0.5, 0.6) is 5.75 Å². The number of aromatic nitrogens is 1. The lowest BCUT2D eigenvalue weighted by Crippen LogP contribution is -2.26. The summed E-state index contributed by atoms with van der Waals surface area (Å²) in [6, 6.07) is 13.9. The highest BCUT2D eigenvalue weighted by Crippen LogP contribution is 2.27. The van der Waals surface area contributed by atoms with E-state index < -0.39 is 0 Å². The van der Waals surface area contributed by atoms with Crippen LogP contribution in [0, 0.1) is 0 Å². The fraction of sp³-hybridized carbons (Fsp3) is 0.320. The molecule has 2 N–H and O–H groups in total. The summed E-state index contributed by atoms with van der Waals surface area (Å²) in [5.41, 5.74) is 2.70. The number of rotatable bonds is 8. The third-order valence-corrected chi connectivity index (χ3v) is 6.73. The number of benzene rings is 2. The standard InChI is InChI=1S/C25H27N3O3S/c1-31-18-14-12-17(13-15-18)24(29)28-20-8-3-2-7-19(20)25(30)26-16-6-11-23-27-21-9-4-5-10-22(21)32-23/h2-3,7-8,12-15H,4-6,9-11,16H2,1H3,(H,26,30)(H,28,29). The van der Waals surface area contributed by atoms with Crippen molar-refractivity contribution in [1.29, 1.82) is 0 Å². The van der Waals surface area contributed by atoms with Gasteiger partial charge in [0.1, 0.15) is 5.75 Å². The summed E-state index contributed by atoms with van der Waals surface area (Å²) < 4.78 is 5.13. The van der Waals surface area contributed by atoms with E-state index in [2.05, 4.69) is 10.6 Å². The predicted molar refractivity (Wildman–Crippen MR) is 127 cm³/mol. The van der Waals surface area contributed by atoms with Gasteiger partial charge in [0.15, 0.2) is 0 Å². The maximum absolute atomic E-state index is 12.7. The molecule has 7 heteroatoms. The first-order valence-corrected chi connectivity index (χ1v) is 11.8. The van der Waals surface area contributed by atoms with E-state index in [1.54, 1.807) is 55.6 Å². The average molecular weight is 450 g/mol. The number of anilines is 1. The zero-order valence-electron chi connectivity index (χ0n) is 18.1. The second kappa shape index (κ2) is 10.4. The highest BCUT2D eigenvalue weighted by molar-refractivity contribution is 7.11. The summed E-state index contributed by atoms with van der Waals surface area (Å²) in [7, 11) is 1.58. The quantitative estimate of drug-likeness (QED) is 0.491. The van der Waals surface area contributed by atoms with Gasteiger partial charge in [-0.2, -0.15) is 0 Å². The molecule has 1 aliphatic carbocycles. The number of hydrogen-bond donors (Lipinski definition) is 2. The number of para-hydroxylation sites is 1. The second-order valence-corrected chi connectivity index (χ2v) is 8.94. The van der Waals surface area contributed by atoms with Crippen molar-refractivity contribution in [2.75, 3.05) is 19.0 Å². The van der Waals surface area contributed by atoms with Gasteiger partial charge >= 0.3 is 0 Å². The molecule has 0 spiro atoms. The number of carbonyl (C=O) groups excluding carboxylic acids is 2. The van der Waals surface area contributed by atoms with Crippen LogP contribution in [0.2, 0.25) is 0 Å². The molecule has 0 unspecified atom stereocenters. The molecular formula is C25H27N3O3S. The molecule has 0 radical (unpaired) electrons. The second-order valence-electron chi connectivity index (χ2n) is 7.77. The van der Waals surface area contributed by atoms with Crippen LogP contribution in [0.3, 0.4) is 0 Å². The predicted octanol–water partition coefficient (Wildman–Crippen LogP) is 4.65. The van der Waals surface area contributed by atoms with Crippen LogP contribution in [-0.2, 0) is 19.3 Å². The van der Waals surface area contributed by atoms with Gasteiger partial charge < -0.3 is 15.4 Å². The molecular weight excluding hydrogens is 422 g/mol. The van der Waals surface area contributed by atoms with E-state index >= 15 is 0 Å². The fourth-order valence-corrected chi connectivity index (χ4v) is 4.97. The molecule has 0 saturated carbocycles. The average Bonchev–Trinajstić information content (AvgIpc) is 3.25. The van der Waals surface area contributed by atoms with Gasteiger partial charge in [-0.3, -0.25) is 9.59 Å². The van der Waals surface area contributed by atoms with Crippen molar-refractivity contribution in [3.8, 4) is 5.75 Å². The fourth-order valence-electron chi connectivity index (χ4n) is 3.78. The van der Waals surface area contributed by atoms with Crippen LogP contribution in [0.4, 0.5) is 5.69 Å². The normalized spacial score (nSPS) is 12.7. The number of nitrogens with zero attached hydrogens (tertiary/aromatic N) is 1. The third kappa shape index (κ3) is 5.34. The Morgan fingerprint density at radius 1 is 1.03 bits per heavy atom. The first-order chi connectivity index (χ1) is 15.6. The van der Waals surface area contributed by atoms with E-state index in [9.17, 15) is 9.59 Å². The lowest BCUT2D eigenvalue weighted by Gasteiger charge is -2.11. The number of fused-ring (bicyclic) bond motifs is 1. The van der Waals surface area contributed by atoms with Crippen LogP contribution in [-0.4, -0.2) is 30.5 Å². The number of methoxy groups -OCH3 is 1. The van der Waals surface area contributed by atoms with Gasteiger partial charge in [0, 0.05) is 23.4 Å². The van der Waals surface area contributed by atoms with Crippen molar-refractivity contribution in [3.05, 3.63) is 75.2 Å². The molecule has 1 aliphatic rings. The summed E-state index contributed by atoms with van der Waals surface area (Å²) in [5.74, 6) is 0.203. The van der Waals surface area contributed by atoms with Gasteiger partial charge in [-0.25, -0.2) is 4.98 Å². The van der Waals surface area contributed by atoms with Gasteiger partial charge in [0.05, 0.1) is 29.1 Å². The highest BCUT2D eigenvalue weighted by atomic mass is 32.1. The van der Waals surface area contributed by atoms with E-state index in [1.165, 1.54) is 28.4 Å². The van der Waals surface area contributed by atoms with Crippen LogP contribution in [0.25, 0.3) is 0 Å². The smallest absolute Gasteiger partial charge is 0.255 e. The molecule has 4 rings (SSSR count). The minimum atomic E-state index is -0.277. The molecule has 3 aromatic rings. The van der Waals surface area contributed by atoms with E-state index in [-0.39, 0.29) is 11.8 Å². The van der Waals surface area contributed by atoms with Crippen LogP contribution in [0.15, 0.2) is 48.5 Å². The van der Waals surface area contributed by atoms with Crippen molar-refractivity contribution < 1.29 is 14.3 Å². The molecule has 0 bridgehead atoms. The number of carbonyl (C=O) groups is 2. The van der Waals surface area contributed by atoms with Crippen molar-refractivity contribution in [1.82, 2.24) is 10.3 Å². The molecule has 32 heavy (non-hydrogen) atoms. The molecule has 0 atom stereocenters. The number of nitrogens with one attached hydrogen (secondary N) is 2. The van der Waals surface area contributed by atoms with E-state index in [1.807, 2.05) is 11.3 Å². The van der Waals surface area contributed by atoms with Crippen LogP contribution < -0.4 is 15.4 Å². The molecule has 0 aliphatic heterocycles. The summed E-state index contributed by atoms with van der Waals surface area (Å²) in [5, 5.41) is 6.97. The minimum absolute atomic E-state index is 0.200. The minimum Gasteiger partial charge on any atom is -0.497 e. The number of hydrogen-bond acceptors (Lipinski definition) is 5. The summed E-state index contributed by atoms with van der Waals surface area (Å²) in [6.45, 7) is 0.559. The highest BCUT2D eigenvalue weighted by Gasteiger charge is 2.16. The van der Waals surface area contributed by atoms with Crippen molar-refractivity contribution >= 4 is 28.8 Å². The van der Waals surface area contributed by atoms with Crippen molar-refractivity contribution in [2.24, 2.45) is 0 Å². The molecule has 0 saturated heterocycles. The summed E-state index contributed by atoms with van der Waals surface area (Å²) in [6.07, 6.45) is 6.45. The maximum atomic E-state index is 12.7. The van der Waals surface area contributed by atoms with Gasteiger partial charge in [0.2, 0.25) is 0 Å². The van der Waals surface area contributed by atoms with Crippen molar-refractivity contribution in [2.45, 2.75) is 38.5 Å². The van der Waals surface area contributed by atoms with Gasteiger partial charge in [-0.05, 0) is 68.5 Å². The van der Waals surface area contributed by atoms with E-state index in [0.717, 1.165) is 25.7 Å². The topological polar surface area (TPSA) is 80.3 Å². The molecule has 2 aromatic carbocycles. The molecule has 1 heterocycles. The van der Waals surface area contributed by atoms with E-state index in [4.69, 9.17) is 9.72 Å². The molecule has 1 aromatic heterocycles. The lowest BCUT2D eigenvalue weighted by atomic mass is 10.0. The Kier molecular flexibility index (Phi) is 7.17. The van der Waals surface area contributed by atoms with Gasteiger partial charge in [-0.1, -0.05) is 12.1 Å². The number of ether oxygens (including phenoxy) is 1. The first kappa shape index (κ1) is 22.0. The zero-order valence-corrected chi connectivity index (χ0v) is 19.0. The summed E-state index contributed by atoms with van der Waals surface area (Å²) in [4.78, 5) is 31.5. The Balaban J connectivity index is 1.31. The molecule has 0 fully saturated rings. The Morgan fingerprint density at radius 2 is 1.81 bits per heavy atom. The van der Waals surface area contributed by atoms with E-state index in [0.29, 0.717) is 29.1 Å². The Bertz CT molecular complexity index is 1070. The number of aryl methyl sites for hydroxylation is 3.